The lowest BCUT2D eigenvalue weighted by Gasteiger charge is -2.24. The molecule has 0 radical (unpaired) electrons. The van der Waals surface area contributed by atoms with Crippen molar-refractivity contribution >= 4 is 6.03 Å². The minimum atomic E-state index is -0.168. The zero-order chi connectivity index (χ0) is 16.1. The molecule has 0 spiro atoms. The lowest BCUT2D eigenvalue weighted by molar-refractivity contribution is 0.196. The maximum absolute atomic E-state index is 12.6. The highest BCUT2D eigenvalue weighted by Gasteiger charge is 2.27. The van der Waals surface area contributed by atoms with Gasteiger partial charge in [-0.3, -0.25) is 0 Å². The Balaban J connectivity index is 1.78. The predicted molar refractivity (Wildman–Crippen MR) is 90.0 cm³/mol. The van der Waals surface area contributed by atoms with Gasteiger partial charge in [0.15, 0.2) is 0 Å². The molecule has 0 saturated carbocycles. The molecule has 2 aromatic rings. The van der Waals surface area contributed by atoms with Gasteiger partial charge >= 0.3 is 6.03 Å². The van der Waals surface area contributed by atoms with E-state index in [1.54, 1.807) is 4.90 Å². The maximum atomic E-state index is 12.6. The first-order valence-electron chi connectivity index (χ1n) is 8.04. The first-order chi connectivity index (χ1) is 11.3. The van der Waals surface area contributed by atoms with Gasteiger partial charge in [0, 0.05) is 25.6 Å². The molecule has 2 amide bonds. The van der Waals surface area contributed by atoms with Gasteiger partial charge in [-0.15, -0.1) is 0 Å². The number of nitrogens with zero attached hydrogens (tertiary/aromatic N) is 1. The van der Waals surface area contributed by atoms with E-state index in [1.807, 2.05) is 60.7 Å². The van der Waals surface area contributed by atoms with Crippen LogP contribution in [0.25, 0.3) is 0 Å². The van der Waals surface area contributed by atoms with Crippen LogP contribution in [0.2, 0.25) is 0 Å². The van der Waals surface area contributed by atoms with Gasteiger partial charge in [-0.2, -0.15) is 0 Å². The zero-order valence-corrected chi connectivity index (χ0v) is 13.1. The highest BCUT2D eigenvalue weighted by Crippen LogP contribution is 2.23. The highest BCUT2D eigenvalue weighted by atomic mass is 16.3. The number of hydrogen-bond acceptors (Lipinski definition) is 2. The molecule has 120 valence electrons. The van der Waals surface area contributed by atoms with Crippen LogP contribution in [0.4, 0.5) is 4.79 Å². The fourth-order valence-corrected chi connectivity index (χ4v) is 3.03. The van der Waals surface area contributed by atoms with Crippen LogP contribution >= 0.6 is 0 Å². The number of rotatable bonds is 4. The fraction of sp³-hybridized carbons (Fsp3) is 0.316. The fourth-order valence-electron chi connectivity index (χ4n) is 3.03. The quantitative estimate of drug-likeness (QED) is 0.912. The molecule has 1 atom stereocenters. The Morgan fingerprint density at radius 1 is 1.09 bits per heavy atom. The number of carbonyl (C=O) groups is 1. The van der Waals surface area contributed by atoms with Crippen LogP contribution in [-0.2, 0) is 0 Å². The second-order valence-electron chi connectivity index (χ2n) is 5.99. The Morgan fingerprint density at radius 2 is 1.65 bits per heavy atom. The Hall–Kier alpha value is -2.33. The summed E-state index contributed by atoms with van der Waals surface area (Å²) in [5, 5.41) is 12.4. The molecule has 1 fully saturated rings. The molecule has 23 heavy (non-hydrogen) atoms. The molecule has 1 aliphatic heterocycles. The van der Waals surface area contributed by atoms with Gasteiger partial charge in [0.05, 0.1) is 6.04 Å². The largest absolute Gasteiger partial charge is 0.396 e. The third kappa shape index (κ3) is 3.71. The number of benzene rings is 2. The average Bonchev–Trinajstić information content (AvgIpc) is 3.10. The van der Waals surface area contributed by atoms with E-state index in [9.17, 15) is 9.90 Å². The topological polar surface area (TPSA) is 52.6 Å². The molecule has 3 rings (SSSR count). The number of nitrogens with one attached hydrogen (secondary N) is 1. The summed E-state index contributed by atoms with van der Waals surface area (Å²) in [4.78, 5) is 14.4. The molecule has 0 aliphatic carbocycles. The van der Waals surface area contributed by atoms with E-state index < -0.39 is 0 Å². The molecule has 1 unspecified atom stereocenters. The highest BCUT2D eigenvalue weighted by molar-refractivity contribution is 5.75. The van der Waals surface area contributed by atoms with Crippen LogP contribution in [0, 0.1) is 5.92 Å². The molecule has 0 bridgehead atoms. The predicted octanol–water partition coefficient (Wildman–Crippen LogP) is 2.80. The Bertz CT molecular complexity index is 591. The van der Waals surface area contributed by atoms with Crippen LogP contribution in [0.5, 0.6) is 0 Å². The maximum Gasteiger partial charge on any atom is 0.318 e. The van der Waals surface area contributed by atoms with Crippen molar-refractivity contribution in [2.24, 2.45) is 5.92 Å². The van der Waals surface area contributed by atoms with Crippen molar-refractivity contribution in [3.05, 3.63) is 71.8 Å². The summed E-state index contributed by atoms with van der Waals surface area (Å²) in [6.07, 6.45) is 0.866. The van der Waals surface area contributed by atoms with Crippen LogP contribution in [-0.4, -0.2) is 35.7 Å². The number of aliphatic hydroxyl groups excluding tert-OH is 1. The lowest BCUT2D eigenvalue weighted by atomic mass is 9.99. The van der Waals surface area contributed by atoms with Gasteiger partial charge in [-0.25, -0.2) is 4.79 Å². The van der Waals surface area contributed by atoms with E-state index in [0.717, 1.165) is 17.5 Å². The monoisotopic (exact) mass is 310 g/mol. The van der Waals surface area contributed by atoms with E-state index in [0.29, 0.717) is 13.1 Å². The number of urea groups is 1. The molecule has 4 heteroatoms. The number of hydrogen-bond donors (Lipinski definition) is 2. The number of amides is 2. The third-order valence-corrected chi connectivity index (χ3v) is 4.36. The minimum absolute atomic E-state index is 0.0707. The van der Waals surface area contributed by atoms with Crippen LogP contribution in [0.1, 0.15) is 23.6 Å². The van der Waals surface area contributed by atoms with Crippen molar-refractivity contribution in [1.82, 2.24) is 10.2 Å². The van der Waals surface area contributed by atoms with E-state index >= 15 is 0 Å². The minimum Gasteiger partial charge on any atom is -0.396 e. The normalized spacial score (nSPS) is 17.5. The van der Waals surface area contributed by atoms with Gasteiger partial charge in [0.2, 0.25) is 0 Å². The summed E-state index contributed by atoms with van der Waals surface area (Å²) in [6, 6.07) is 19.7. The second-order valence-corrected chi connectivity index (χ2v) is 5.99. The van der Waals surface area contributed by atoms with Crippen molar-refractivity contribution in [2.45, 2.75) is 12.5 Å². The Kier molecular flexibility index (Phi) is 4.93. The molecule has 1 heterocycles. The smallest absolute Gasteiger partial charge is 0.318 e. The molecule has 2 aromatic carbocycles. The summed E-state index contributed by atoms with van der Waals surface area (Å²) in [7, 11) is 0. The standard InChI is InChI=1S/C19H22N2O2/c22-14-15-11-12-21(13-15)19(23)20-18(16-7-3-1-4-8-16)17-9-5-2-6-10-17/h1-10,15,18,22H,11-14H2,(H,20,23). The summed E-state index contributed by atoms with van der Waals surface area (Å²) in [5.41, 5.74) is 2.12. The molecule has 0 aromatic heterocycles. The summed E-state index contributed by atoms with van der Waals surface area (Å²) < 4.78 is 0. The van der Waals surface area contributed by atoms with Crippen molar-refractivity contribution < 1.29 is 9.90 Å². The number of aliphatic hydroxyl groups is 1. The second kappa shape index (κ2) is 7.29. The molecule has 4 nitrogen and oxygen atoms in total. The lowest BCUT2D eigenvalue weighted by Crippen LogP contribution is -2.40. The van der Waals surface area contributed by atoms with Crippen molar-refractivity contribution in [2.75, 3.05) is 19.7 Å². The SMILES string of the molecule is O=C(NC(c1ccccc1)c1ccccc1)N1CCC(CO)C1. The van der Waals surface area contributed by atoms with E-state index in [4.69, 9.17) is 0 Å². The third-order valence-electron chi connectivity index (χ3n) is 4.36. The van der Waals surface area contributed by atoms with E-state index in [-0.39, 0.29) is 24.6 Å². The summed E-state index contributed by atoms with van der Waals surface area (Å²) >= 11 is 0. The average molecular weight is 310 g/mol. The first-order valence-corrected chi connectivity index (χ1v) is 8.04. The zero-order valence-electron chi connectivity index (χ0n) is 13.1. The van der Waals surface area contributed by atoms with Gasteiger partial charge < -0.3 is 15.3 Å². The van der Waals surface area contributed by atoms with Crippen LogP contribution in [0.15, 0.2) is 60.7 Å². The van der Waals surface area contributed by atoms with E-state index in [2.05, 4.69) is 5.32 Å². The molecular weight excluding hydrogens is 288 g/mol. The molecule has 1 aliphatic rings. The summed E-state index contributed by atoms with van der Waals surface area (Å²) in [5.74, 6) is 0.202. The van der Waals surface area contributed by atoms with Crippen molar-refractivity contribution in [1.29, 1.82) is 0 Å². The summed E-state index contributed by atoms with van der Waals surface area (Å²) in [6.45, 7) is 1.47. The van der Waals surface area contributed by atoms with Crippen molar-refractivity contribution in [3.8, 4) is 0 Å². The number of carbonyl (C=O) groups excluding carboxylic acids is 1. The Labute approximate surface area is 136 Å². The van der Waals surface area contributed by atoms with Gasteiger partial charge in [-0.05, 0) is 17.5 Å². The Morgan fingerprint density at radius 3 is 2.13 bits per heavy atom. The molecular formula is C19H22N2O2. The first kappa shape index (κ1) is 15.6. The number of likely N-dealkylation sites (tertiary alicyclic amines) is 1. The van der Waals surface area contributed by atoms with Crippen LogP contribution in [0.3, 0.4) is 0 Å². The van der Waals surface area contributed by atoms with Crippen molar-refractivity contribution in [3.63, 3.8) is 0 Å². The van der Waals surface area contributed by atoms with Gasteiger partial charge in [0.1, 0.15) is 0 Å². The molecule has 1 saturated heterocycles. The van der Waals surface area contributed by atoms with E-state index in [1.165, 1.54) is 0 Å². The van der Waals surface area contributed by atoms with Gasteiger partial charge in [-0.1, -0.05) is 60.7 Å². The van der Waals surface area contributed by atoms with Crippen LogP contribution < -0.4 is 5.32 Å². The molecule has 2 N–H and O–H groups in total. The van der Waals surface area contributed by atoms with Gasteiger partial charge in [0.25, 0.3) is 0 Å².